The summed E-state index contributed by atoms with van der Waals surface area (Å²) in [6, 6.07) is 1.27. The van der Waals surface area contributed by atoms with Gasteiger partial charge in [-0.1, -0.05) is 0 Å². The molecule has 0 rings (SSSR count). The molecule has 0 aromatic rings. The van der Waals surface area contributed by atoms with E-state index in [0.29, 0.717) is 0 Å². The predicted molar refractivity (Wildman–Crippen MR) is 60.7 cm³/mol. The Kier molecular flexibility index (Phi) is 5.77. The van der Waals surface area contributed by atoms with Crippen molar-refractivity contribution in [2.24, 2.45) is 0 Å². The second kappa shape index (κ2) is 5.40. The third-order valence-electron chi connectivity index (χ3n) is 1.49. The van der Waals surface area contributed by atoms with Crippen molar-refractivity contribution in [3.05, 3.63) is 0 Å². The molecular weight excluding hydrogens is 188 g/mol. The maximum absolute atomic E-state index is 5.98. The Labute approximate surface area is 78.8 Å². The highest BCUT2D eigenvalue weighted by Gasteiger charge is 2.22. The largest absolute Gasteiger partial charge is 0.458 e. The first-order valence-electron chi connectivity index (χ1n) is 4.26. The molecule has 0 aromatic heterocycles. The Morgan fingerprint density at radius 3 is 2.27 bits per heavy atom. The first kappa shape index (κ1) is 11.7. The molecule has 0 atom stereocenters. The van der Waals surface area contributed by atoms with Crippen LogP contribution in [0.1, 0.15) is 6.42 Å². The van der Waals surface area contributed by atoms with Crippen LogP contribution in [0.2, 0.25) is 32.2 Å². The quantitative estimate of drug-likeness (QED) is 0.540. The van der Waals surface area contributed by atoms with Crippen LogP contribution in [0.25, 0.3) is 0 Å². The molecule has 4 heteroatoms. The number of hydrogen-bond donors (Lipinski definition) is 1. The lowest BCUT2D eigenvalue weighted by atomic mass is 10.6. The molecular formula is C7H20OSSi2. The fourth-order valence-electron chi connectivity index (χ4n) is 1.20. The monoisotopic (exact) mass is 208 g/mol. The summed E-state index contributed by atoms with van der Waals surface area (Å²) in [7, 11) is -2.08. The molecule has 0 saturated heterocycles. The molecule has 0 unspecified atom stereocenters. The van der Waals surface area contributed by atoms with Crippen molar-refractivity contribution in [1.82, 2.24) is 0 Å². The minimum Gasteiger partial charge on any atom is -0.458 e. The van der Waals surface area contributed by atoms with Gasteiger partial charge in [-0.25, -0.2) is 0 Å². The van der Waals surface area contributed by atoms with Crippen LogP contribution in [0.5, 0.6) is 0 Å². The third kappa shape index (κ3) is 7.12. The van der Waals surface area contributed by atoms with Gasteiger partial charge in [0.15, 0.2) is 17.4 Å². The van der Waals surface area contributed by atoms with Crippen LogP contribution in [-0.2, 0) is 4.12 Å². The molecule has 0 radical (unpaired) electrons. The van der Waals surface area contributed by atoms with E-state index in [1.807, 2.05) is 0 Å². The minimum atomic E-state index is -1.27. The van der Waals surface area contributed by atoms with Crippen molar-refractivity contribution in [3.8, 4) is 0 Å². The second-order valence-corrected chi connectivity index (χ2v) is 11.3. The van der Waals surface area contributed by atoms with Crippen LogP contribution in [0, 0.1) is 0 Å². The van der Waals surface area contributed by atoms with Crippen LogP contribution in [0.4, 0.5) is 0 Å². The van der Waals surface area contributed by atoms with E-state index < -0.39 is 17.4 Å². The van der Waals surface area contributed by atoms with Crippen molar-refractivity contribution < 1.29 is 4.12 Å². The van der Waals surface area contributed by atoms with Gasteiger partial charge in [0.05, 0.1) is 0 Å². The van der Waals surface area contributed by atoms with Crippen LogP contribution >= 0.6 is 12.6 Å². The summed E-state index contributed by atoms with van der Waals surface area (Å²) >= 11 is 4.20. The summed E-state index contributed by atoms with van der Waals surface area (Å²) in [5.74, 6) is 0.999. The maximum Gasteiger partial charge on any atom is 0.173 e. The van der Waals surface area contributed by atoms with Gasteiger partial charge in [0, 0.05) is 0 Å². The summed E-state index contributed by atoms with van der Waals surface area (Å²) in [6.07, 6.45) is 1.21. The zero-order chi connectivity index (χ0) is 8.91. The van der Waals surface area contributed by atoms with Crippen molar-refractivity contribution >= 4 is 30.0 Å². The molecule has 0 bridgehead atoms. The lowest BCUT2D eigenvalue weighted by molar-refractivity contribution is 0.569. The highest BCUT2D eigenvalue weighted by atomic mass is 32.1. The topological polar surface area (TPSA) is 9.23 Å². The lowest BCUT2D eigenvalue weighted by Crippen LogP contribution is -2.35. The molecule has 0 fully saturated rings. The van der Waals surface area contributed by atoms with E-state index >= 15 is 0 Å². The zero-order valence-electron chi connectivity index (χ0n) is 8.05. The minimum absolute atomic E-state index is 0.801. The van der Waals surface area contributed by atoms with Gasteiger partial charge in [0.2, 0.25) is 0 Å². The van der Waals surface area contributed by atoms with Crippen LogP contribution in [0.15, 0.2) is 0 Å². The SMILES string of the molecule is C[SiH](C)O[Si](C)(C)CCCS. The Morgan fingerprint density at radius 1 is 1.36 bits per heavy atom. The van der Waals surface area contributed by atoms with Gasteiger partial charge < -0.3 is 4.12 Å². The first-order valence-corrected chi connectivity index (χ1v) is 10.8. The standard InChI is InChI=1S/C7H20OSSi2/c1-10(2)8-11(3,4)7-5-6-9/h9-10H,5-7H2,1-4H3. The van der Waals surface area contributed by atoms with Gasteiger partial charge in [-0.2, -0.15) is 12.6 Å². The highest BCUT2D eigenvalue weighted by Crippen LogP contribution is 2.14. The molecule has 0 amide bonds. The normalized spacial score (nSPS) is 12.5. The van der Waals surface area contributed by atoms with Crippen molar-refractivity contribution in [2.45, 2.75) is 38.7 Å². The van der Waals surface area contributed by atoms with Crippen LogP contribution in [-0.4, -0.2) is 23.1 Å². The molecule has 0 aromatic carbocycles. The third-order valence-corrected chi connectivity index (χ3v) is 7.80. The molecule has 0 aliphatic carbocycles. The maximum atomic E-state index is 5.98. The van der Waals surface area contributed by atoms with E-state index in [-0.39, 0.29) is 0 Å². The lowest BCUT2D eigenvalue weighted by Gasteiger charge is -2.25. The van der Waals surface area contributed by atoms with E-state index in [0.717, 1.165) is 5.75 Å². The van der Waals surface area contributed by atoms with E-state index in [2.05, 4.69) is 38.8 Å². The fourth-order valence-corrected chi connectivity index (χ4v) is 8.26. The molecule has 1 nitrogen and oxygen atoms in total. The van der Waals surface area contributed by atoms with E-state index in [4.69, 9.17) is 4.12 Å². The highest BCUT2D eigenvalue weighted by molar-refractivity contribution is 7.80. The summed E-state index contributed by atoms with van der Waals surface area (Å²) in [6.45, 7) is 9.11. The molecule has 0 saturated carbocycles. The second-order valence-electron chi connectivity index (χ2n) is 3.75. The average Bonchev–Trinajstić information content (AvgIpc) is 1.81. The van der Waals surface area contributed by atoms with Crippen molar-refractivity contribution in [1.29, 1.82) is 0 Å². The smallest absolute Gasteiger partial charge is 0.173 e. The van der Waals surface area contributed by atoms with Crippen LogP contribution < -0.4 is 0 Å². The zero-order valence-corrected chi connectivity index (χ0v) is 11.1. The van der Waals surface area contributed by atoms with Gasteiger partial charge >= 0.3 is 0 Å². The molecule has 0 spiro atoms. The molecule has 0 N–H and O–H groups in total. The summed E-state index contributed by atoms with van der Waals surface area (Å²) < 4.78 is 5.98. The predicted octanol–water partition coefficient (Wildman–Crippen LogP) is 2.51. The van der Waals surface area contributed by atoms with Gasteiger partial charge in [-0.05, 0) is 44.4 Å². The van der Waals surface area contributed by atoms with Crippen molar-refractivity contribution in [3.63, 3.8) is 0 Å². The summed E-state index contributed by atoms with van der Waals surface area (Å²) in [5.41, 5.74) is 0. The molecule has 0 aliphatic heterocycles. The summed E-state index contributed by atoms with van der Waals surface area (Å²) in [4.78, 5) is 0. The molecule has 11 heavy (non-hydrogen) atoms. The fraction of sp³-hybridized carbons (Fsp3) is 1.00. The Morgan fingerprint density at radius 2 is 1.91 bits per heavy atom. The number of rotatable bonds is 5. The molecule has 0 aliphatic rings. The van der Waals surface area contributed by atoms with E-state index in [1.54, 1.807) is 0 Å². The Hall–Kier alpha value is 0.744. The van der Waals surface area contributed by atoms with Crippen molar-refractivity contribution in [2.75, 3.05) is 5.75 Å². The molecule has 0 heterocycles. The Balaban J connectivity index is 3.61. The number of thiol groups is 1. The Bertz CT molecular complexity index is 107. The van der Waals surface area contributed by atoms with Gasteiger partial charge in [-0.15, -0.1) is 0 Å². The first-order chi connectivity index (χ1) is 4.98. The van der Waals surface area contributed by atoms with Gasteiger partial charge in [-0.3, -0.25) is 0 Å². The van der Waals surface area contributed by atoms with E-state index in [9.17, 15) is 0 Å². The van der Waals surface area contributed by atoms with Crippen LogP contribution in [0.3, 0.4) is 0 Å². The summed E-state index contributed by atoms with van der Waals surface area (Å²) in [5, 5.41) is 0. The number of hydrogen-bond acceptors (Lipinski definition) is 2. The van der Waals surface area contributed by atoms with Gasteiger partial charge in [0.1, 0.15) is 0 Å². The van der Waals surface area contributed by atoms with E-state index in [1.165, 1.54) is 12.5 Å². The average molecular weight is 208 g/mol. The van der Waals surface area contributed by atoms with Gasteiger partial charge in [0.25, 0.3) is 0 Å². The molecule has 68 valence electrons.